The predicted octanol–water partition coefficient (Wildman–Crippen LogP) is 5.36. The maximum absolute atomic E-state index is 12.4. The first-order valence-electron chi connectivity index (χ1n) is 10.2. The first-order chi connectivity index (χ1) is 14.6. The number of furan rings is 1. The van der Waals surface area contributed by atoms with Crippen LogP contribution in [-0.4, -0.2) is 32.8 Å². The summed E-state index contributed by atoms with van der Waals surface area (Å²) >= 11 is 0. The summed E-state index contributed by atoms with van der Waals surface area (Å²) in [4.78, 5) is 12.4. The number of aryl methyl sites for hydroxylation is 1. The molecule has 5 nitrogen and oxygen atoms in total. The molecule has 0 spiro atoms. The number of hydrogen-bond acceptors (Lipinski definition) is 4. The van der Waals surface area contributed by atoms with Crippen LogP contribution in [0.15, 0.2) is 53.2 Å². The van der Waals surface area contributed by atoms with Gasteiger partial charge in [0.15, 0.2) is 0 Å². The van der Waals surface area contributed by atoms with E-state index in [0.717, 1.165) is 51.0 Å². The number of hydrogen-bond donors (Lipinski definition) is 1. The van der Waals surface area contributed by atoms with Gasteiger partial charge in [0.05, 0.1) is 12.9 Å². The zero-order valence-corrected chi connectivity index (χ0v) is 18.1. The van der Waals surface area contributed by atoms with Gasteiger partial charge in [-0.3, -0.25) is 4.79 Å². The maximum atomic E-state index is 12.4. The maximum Gasteiger partial charge on any atom is 0.244 e. The van der Waals surface area contributed by atoms with Crippen molar-refractivity contribution >= 4 is 22.4 Å². The second kappa shape index (κ2) is 10.1. The van der Waals surface area contributed by atoms with Crippen molar-refractivity contribution in [1.29, 1.82) is 0 Å². The third-order valence-corrected chi connectivity index (χ3v) is 5.01. The summed E-state index contributed by atoms with van der Waals surface area (Å²) in [6.45, 7) is 7.60. The van der Waals surface area contributed by atoms with Gasteiger partial charge >= 0.3 is 0 Å². The fourth-order valence-corrected chi connectivity index (χ4v) is 3.53. The lowest BCUT2D eigenvalue weighted by atomic mass is 9.96. The highest BCUT2D eigenvalue weighted by Crippen LogP contribution is 2.40. The second-order valence-corrected chi connectivity index (χ2v) is 7.17. The Morgan fingerprint density at radius 3 is 2.70 bits per heavy atom. The van der Waals surface area contributed by atoms with E-state index in [1.165, 1.54) is 0 Å². The largest absolute Gasteiger partial charge is 0.493 e. The van der Waals surface area contributed by atoms with Crippen molar-refractivity contribution in [3.05, 3.63) is 59.9 Å². The number of carbonyl (C=O) groups excluding carboxylic acids is 1. The molecule has 30 heavy (non-hydrogen) atoms. The third-order valence-electron chi connectivity index (χ3n) is 5.01. The SMILES string of the molecule is CCOc1c(/C(C)=C/C(=O)NCCCOC)cc2c(-c3ccccc3)coc2c1C. The van der Waals surface area contributed by atoms with Crippen molar-refractivity contribution in [2.24, 2.45) is 0 Å². The van der Waals surface area contributed by atoms with Gasteiger partial charge in [-0.1, -0.05) is 30.3 Å². The van der Waals surface area contributed by atoms with Crippen molar-refractivity contribution in [3.8, 4) is 16.9 Å². The van der Waals surface area contributed by atoms with Crippen LogP contribution in [0.5, 0.6) is 5.75 Å². The first kappa shape index (κ1) is 21.7. The molecule has 2 aromatic carbocycles. The molecule has 158 valence electrons. The van der Waals surface area contributed by atoms with Crippen LogP contribution in [0.3, 0.4) is 0 Å². The minimum Gasteiger partial charge on any atom is -0.493 e. The van der Waals surface area contributed by atoms with Crippen LogP contribution in [0.25, 0.3) is 27.7 Å². The van der Waals surface area contributed by atoms with Crippen LogP contribution in [0.4, 0.5) is 0 Å². The van der Waals surface area contributed by atoms with Gasteiger partial charge in [0.25, 0.3) is 0 Å². The molecule has 3 aromatic rings. The quantitative estimate of drug-likeness (QED) is 0.383. The molecular formula is C25H29NO4. The molecule has 1 heterocycles. The summed E-state index contributed by atoms with van der Waals surface area (Å²) in [5, 5.41) is 3.90. The summed E-state index contributed by atoms with van der Waals surface area (Å²) < 4.78 is 16.9. The Labute approximate surface area is 177 Å². The van der Waals surface area contributed by atoms with Gasteiger partial charge in [-0.25, -0.2) is 0 Å². The highest BCUT2D eigenvalue weighted by atomic mass is 16.5. The van der Waals surface area contributed by atoms with Gasteiger partial charge in [0.2, 0.25) is 5.91 Å². The molecule has 0 aliphatic heterocycles. The number of methoxy groups -OCH3 is 1. The normalized spacial score (nSPS) is 11.7. The Hall–Kier alpha value is -3.05. The zero-order chi connectivity index (χ0) is 21.5. The zero-order valence-electron chi connectivity index (χ0n) is 18.1. The highest BCUT2D eigenvalue weighted by Gasteiger charge is 2.19. The number of rotatable bonds is 9. The number of amides is 1. The van der Waals surface area contributed by atoms with Crippen LogP contribution in [0, 0.1) is 6.92 Å². The Morgan fingerprint density at radius 1 is 1.23 bits per heavy atom. The molecule has 1 N–H and O–H groups in total. The van der Waals surface area contributed by atoms with E-state index in [1.54, 1.807) is 19.4 Å². The molecule has 0 aliphatic carbocycles. The van der Waals surface area contributed by atoms with Crippen molar-refractivity contribution < 1.29 is 18.7 Å². The van der Waals surface area contributed by atoms with Crippen molar-refractivity contribution in [2.45, 2.75) is 27.2 Å². The molecular weight excluding hydrogens is 378 g/mol. The van der Waals surface area contributed by atoms with E-state index in [1.807, 2.05) is 39.0 Å². The number of benzene rings is 2. The molecule has 0 aliphatic rings. The molecule has 0 bridgehead atoms. The number of fused-ring (bicyclic) bond motifs is 1. The van der Waals surface area contributed by atoms with E-state index < -0.39 is 0 Å². The predicted molar refractivity (Wildman–Crippen MR) is 121 cm³/mol. The van der Waals surface area contributed by atoms with E-state index in [2.05, 4.69) is 23.5 Å². The lowest BCUT2D eigenvalue weighted by Gasteiger charge is -2.15. The molecule has 3 rings (SSSR count). The van der Waals surface area contributed by atoms with Crippen LogP contribution in [0.2, 0.25) is 0 Å². The Balaban J connectivity index is 2.02. The van der Waals surface area contributed by atoms with Crippen LogP contribution in [-0.2, 0) is 9.53 Å². The molecule has 0 fully saturated rings. The van der Waals surface area contributed by atoms with Crippen LogP contribution < -0.4 is 10.1 Å². The Bertz CT molecular complexity index is 1030. The van der Waals surface area contributed by atoms with Crippen molar-refractivity contribution in [3.63, 3.8) is 0 Å². The average molecular weight is 408 g/mol. The fraction of sp³-hybridized carbons (Fsp3) is 0.320. The summed E-state index contributed by atoms with van der Waals surface area (Å²) in [5.41, 5.74) is 5.58. The van der Waals surface area contributed by atoms with E-state index >= 15 is 0 Å². The van der Waals surface area contributed by atoms with Gasteiger partial charge in [-0.2, -0.15) is 0 Å². The van der Waals surface area contributed by atoms with E-state index in [-0.39, 0.29) is 5.91 Å². The monoisotopic (exact) mass is 407 g/mol. The standard InChI is InChI=1S/C25H29NO4/c1-5-29-24-18(3)25-21(22(16-30-25)19-10-7-6-8-11-19)15-20(24)17(2)14-23(27)26-12-9-13-28-4/h6-8,10-11,14-16H,5,9,12-13H2,1-4H3,(H,26,27)/b17-14+. The van der Waals surface area contributed by atoms with Gasteiger partial charge in [0, 0.05) is 48.4 Å². The smallest absolute Gasteiger partial charge is 0.244 e. The van der Waals surface area contributed by atoms with E-state index in [0.29, 0.717) is 19.8 Å². The summed E-state index contributed by atoms with van der Waals surface area (Å²) in [6, 6.07) is 12.2. The van der Waals surface area contributed by atoms with Gasteiger partial charge in [-0.15, -0.1) is 0 Å². The number of ether oxygens (including phenoxy) is 2. The van der Waals surface area contributed by atoms with E-state index in [9.17, 15) is 4.79 Å². The molecule has 5 heteroatoms. The lowest BCUT2D eigenvalue weighted by molar-refractivity contribution is -0.116. The first-order valence-corrected chi connectivity index (χ1v) is 10.2. The summed E-state index contributed by atoms with van der Waals surface area (Å²) in [7, 11) is 1.65. The summed E-state index contributed by atoms with van der Waals surface area (Å²) in [6.07, 6.45) is 4.19. The van der Waals surface area contributed by atoms with Gasteiger partial charge in [0.1, 0.15) is 11.3 Å². The molecule has 0 atom stereocenters. The molecule has 0 radical (unpaired) electrons. The number of allylic oxidation sites excluding steroid dienone is 1. The van der Waals surface area contributed by atoms with E-state index in [4.69, 9.17) is 13.9 Å². The molecule has 1 amide bonds. The molecule has 0 unspecified atom stereocenters. The van der Waals surface area contributed by atoms with Crippen LogP contribution in [0.1, 0.15) is 31.4 Å². The highest BCUT2D eigenvalue weighted by molar-refractivity contribution is 6.01. The number of carbonyl (C=O) groups is 1. The molecule has 1 aromatic heterocycles. The van der Waals surface area contributed by atoms with Gasteiger partial charge in [-0.05, 0) is 44.4 Å². The lowest BCUT2D eigenvalue weighted by Crippen LogP contribution is -2.23. The van der Waals surface area contributed by atoms with Crippen molar-refractivity contribution in [2.75, 3.05) is 26.9 Å². The topological polar surface area (TPSA) is 60.7 Å². The minimum atomic E-state index is -0.126. The second-order valence-electron chi connectivity index (χ2n) is 7.17. The van der Waals surface area contributed by atoms with Gasteiger partial charge < -0.3 is 19.2 Å². The third kappa shape index (κ3) is 4.74. The van der Waals surface area contributed by atoms with Crippen LogP contribution >= 0.6 is 0 Å². The molecule has 0 saturated heterocycles. The fourth-order valence-electron chi connectivity index (χ4n) is 3.53. The Morgan fingerprint density at radius 2 is 2.00 bits per heavy atom. The minimum absolute atomic E-state index is 0.126. The average Bonchev–Trinajstić information content (AvgIpc) is 3.18. The number of nitrogens with one attached hydrogen (secondary N) is 1. The summed E-state index contributed by atoms with van der Waals surface area (Å²) in [5.74, 6) is 0.624. The molecule has 0 saturated carbocycles. The van der Waals surface area contributed by atoms with Crippen molar-refractivity contribution in [1.82, 2.24) is 5.32 Å². The Kier molecular flexibility index (Phi) is 7.31.